The van der Waals surface area contributed by atoms with Gasteiger partial charge in [0.25, 0.3) is 5.69 Å². The molecule has 0 amide bonds. The molecule has 1 aromatic heterocycles. The van der Waals surface area contributed by atoms with Crippen LogP contribution in [0.4, 0.5) is 5.69 Å². The number of para-hydroxylation sites is 1. The molecule has 7 nitrogen and oxygen atoms in total. The standard InChI is InChI=1S/C11H12N4O3/c16-7-11-12-8-13-14(11)6-5-9-3-1-2-4-10(9)15(17)18/h1-4,8,16H,5-7H2. The fourth-order valence-corrected chi connectivity index (χ4v) is 1.72. The molecule has 2 aromatic rings. The molecule has 0 atom stereocenters. The van der Waals surface area contributed by atoms with Gasteiger partial charge in [0.05, 0.1) is 4.92 Å². The van der Waals surface area contributed by atoms with Crippen LogP contribution in [-0.2, 0) is 19.6 Å². The first-order valence-corrected chi connectivity index (χ1v) is 5.42. The van der Waals surface area contributed by atoms with Crippen LogP contribution in [0.2, 0.25) is 0 Å². The van der Waals surface area contributed by atoms with Crippen molar-refractivity contribution in [3.05, 3.63) is 52.1 Å². The molecule has 0 fully saturated rings. The van der Waals surface area contributed by atoms with Crippen molar-refractivity contribution in [2.24, 2.45) is 0 Å². The van der Waals surface area contributed by atoms with Gasteiger partial charge >= 0.3 is 0 Å². The zero-order valence-electron chi connectivity index (χ0n) is 9.56. The smallest absolute Gasteiger partial charge is 0.272 e. The Balaban J connectivity index is 2.13. The van der Waals surface area contributed by atoms with Gasteiger partial charge in [-0.1, -0.05) is 18.2 Å². The quantitative estimate of drug-likeness (QED) is 0.627. The predicted molar refractivity (Wildman–Crippen MR) is 62.7 cm³/mol. The van der Waals surface area contributed by atoms with Gasteiger partial charge in [-0.3, -0.25) is 10.1 Å². The maximum Gasteiger partial charge on any atom is 0.272 e. The highest BCUT2D eigenvalue weighted by Gasteiger charge is 2.12. The minimum atomic E-state index is -0.399. The highest BCUT2D eigenvalue weighted by atomic mass is 16.6. The first kappa shape index (κ1) is 12.2. The van der Waals surface area contributed by atoms with Gasteiger partial charge in [0.1, 0.15) is 12.9 Å². The van der Waals surface area contributed by atoms with Gasteiger partial charge in [0.15, 0.2) is 5.82 Å². The Hall–Kier alpha value is -2.28. The lowest BCUT2D eigenvalue weighted by molar-refractivity contribution is -0.385. The third-order valence-electron chi connectivity index (χ3n) is 2.62. The number of aryl methyl sites for hydroxylation is 2. The Morgan fingerprint density at radius 1 is 1.39 bits per heavy atom. The first-order chi connectivity index (χ1) is 8.72. The minimum absolute atomic E-state index is 0.100. The largest absolute Gasteiger partial charge is 0.388 e. The Morgan fingerprint density at radius 2 is 2.17 bits per heavy atom. The fourth-order valence-electron chi connectivity index (χ4n) is 1.72. The Kier molecular flexibility index (Phi) is 3.63. The summed E-state index contributed by atoms with van der Waals surface area (Å²) >= 11 is 0. The summed E-state index contributed by atoms with van der Waals surface area (Å²) in [6, 6.07) is 6.59. The third kappa shape index (κ3) is 2.51. The molecular formula is C11H12N4O3. The van der Waals surface area contributed by atoms with Crippen molar-refractivity contribution in [3.63, 3.8) is 0 Å². The van der Waals surface area contributed by atoms with E-state index in [4.69, 9.17) is 5.11 Å². The summed E-state index contributed by atoms with van der Waals surface area (Å²) < 4.78 is 1.54. The van der Waals surface area contributed by atoms with Crippen LogP contribution in [0.15, 0.2) is 30.6 Å². The van der Waals surface area contributed by atoms with E-state index in [9.17, 15) is 10.1 Å². The number of benzene rings is 1. The molecular weight excluding hydrogens is 236 g/mol. The number of hydrogen-bond donors (Lipinski definition) is 1. The van der Waals surface area contributed by atoms with Crippen molar-refractivity contribution in [2.45, 2.75) is 19.6 Å². The molecule has 1 aromatic carbocycles. The van der Waals surface area contributed by atoms with E-state index in [0.29, 0.717) is 24.4 Å². The SMILES string of the molecule is O=[N+]([O-])c1ccccc1CCn1ncnc1CO. The van der Waals surface area contributed by atoms with Gasteiger partial charge < -0.3 is 5.11 Å². The van der Waals surface area contributed by atoms with Crippen molar-refractivity contribution >= 4 is 5.69 Å². The van der Waals surface area contributed by atoms with E-state index < -0.39 is 4.92 Å². The highest BCUT2D eigenvalue weighted by molar-refractivity contribution is 5.39. The van der Waals surface area contributed by atoms with Crippen molar-refractivity contribution in [1.82, 2.24) is 14.8 Å². The molecule has 94 valence electrons. The first-order valence-electron chi connectivity index (χ1n) is 5.42. The summed E-state index contributed by atoms with van der Waals surface area (Å²) in [4.78, 5) is 14.3. The third-order valence-corrected chi connectivity index (χ3v) is 2.62. The van der Waals surface area contributed by atoms with E-state index in [-0.39, 0.29) is 12.3 Å². The maximum absolute atomic E-state index is 10.8. The van der Waals surface area contributed by atoms with Gasteiger partial charge in [0, 0.05) is 18.2 Å². The van der Waals surface area contributed by atoms with Crippen LogP contribution in [-0.4, -0.2) is 24.8 Å². The summed E-state index contributed by atoms with van der Waals surface area (Å²) in [6.45, 7) is 0.248. The van der Waals surface area contributed by atoms with Gasteiger partial charge in [-0.2, -0.15) is 5.10 Å². The molecule has 0 aliphatic rings. The molecule has 0 saturated heterocycles. The number of hydrogen-bond acceptors (Lipinski definition) is 5. The number of rotatable bonds is 5. The fraction of sp³-hybridized carbons (Fsp3) is 0.273. The molecule has 1 heterocycles. The molecule has 0 unspecified atom stereocenters. The van der Waals surface area contributed by atoms with Crippen molar-refractivity contribution in [3.8, 4) is 0 Å². The molecule has 7 heteroatoms. The van der Waals surface area contributed by atoms with Crippen LogP contribution in [0, 0.1) is 10.1 Å². The van der Waals surface area contributed by atoms with Gasteiger partial charge in [-0.15, -0.1) is 0 Å². The van der Waals surface area contributed by atoms with Crippen LogP contribution in [0.3, 0.4) is 0 Å². The van der Waals surface area contributed by atoms with Crippen LogP contribution in [0.25, 0.3) is 0 Å². The summed E-state index contributed by atoms with van der Waals surface area (Å²) in [5.74, 6) is 0.452. The summed E-state index contributed by atoms with van der Waals surface area (Å²) in [7, 11) is 0. The molecule has 0 saturated carbocycles. The number of nitrogens with zero attached hydrogens (tertiary/aromatic N) is 4. The van der Waals surface area contributed by atoms with Gasteiger partial charge in [-0.05, 0) is 6.42 Å². The second-order valence-electron chi connectivity index (χ2n) is 3.69. The normalized spacial score (nSPS) is 10.5. The highest BCUT2D eigenvalue weighted by Crippen LogP contribution is 2.18. The second kappa shape index (κ2) is 5.37. The topological polar surface area (TPSA) is 94.1 Å². The van der Waals surface area contributed by atoms with E-state index >= 15 is 0 Å². The zero-order valence-corrected chi connectivity index (χ0v) is 9.56. The predicted octanol–water partition coefficient (Wildman–Crippen LogP) is 0.921. The lowest BCUT2D eigenvalue weighted by Crippen LogP contribution is -2.09. The van der Waals surface area contributed by atoms with E-state index in [1.807, 2.05) is 0 Å². The molecule has 18 heavy (non-hydrogen) atoms. The van der Waals surface area contributed by atoms with Crippen molar-refractivity contribution < 1.29 is 10.0 Å². The van der Waals surface area contributed by atoms with Crippen LogP contribution in [0.5, 0.6) is 0 Å². The Labute approximate surface area is 103 Å². The number of aliphatic hydroxyl groups excluding tert-OH is 1. The van der Waals surface area contributed by atoms with E-state index in [2.05, 4.69) is 10.1 Å². The summed E-state index contributed by atoms with van der Waals surface area (Å²) in [5, 5.41) is 23.8. The lowest BCUT2D eigenvalue weighted by Gasteiger charge is -2.05. The number of nitro groups is 1. The molecule has 1 N–H and O–H groups in total. The van der Waals surface area contributed by atoms with Crippen molar-refractivity contribution in [2.75, 3.05) is 0 Å². The van der Waals surface area contributed by atoms with Crippen LogP contribution >= 0.6 is 0 Å². The van der Waals surface area contributed by atoms with E-state index in [1.165, 1.54) is 17.1 Å². The molecule has 0 aliphatic heterocycles. The van der Waals surface area contributed by atoms with Crippen LogP contribution < -0.4 is 0 Å². The van der Waals surface area contributed by atoms with E-state index in [0.717, 1.165) is 0 Å². The summed E-state index contributed by atoms with van der Waals surface area (Å²) in [5.41, 5.74) is 0.741. The summed E-state index contributed by atoms with van der Waals surface area (Å²) in [6.07, 6.45) is 1.82. The average Bonchev–Trinajstić information content (AvgIpc) is 2.84. The average molecular weight is 248 g/mol. The van der Waals surface area contributed by atoms with Gasteiger partial charge in [-0.25, -0.2) is 9.67 Å². The molecule has 2 rings (SSSR count). The minimum Gasteiger partial charge on any atom is -0.388 e. The maximum atomic E-state index is 10.8. The molecule has 0 aliphatic carbocycles. The number of aromatic nitrogens is 3. The number of aliphatic hydroxyl groups is 1. The molecule has 0 bridgehead atoms. The van der Waals surface area contributed by atoms with Gasteiger partial charge in [0.2, 0.25) is 0 Å². The Bertz CT molecular complexity index is 553. The molecule has 0 spiro atoms. The van der Waals surface area contributed by atoms with E-state index in [1.54, 1.807) is 18.2 Å². The number of nitro benzene ring substituents is 1. The second-order valence-corrected chi connectivity index (χ2v) is 3.69. The molecule has 0 radical (unpaired) electrons. The zero-order chi connectivity index (χ0) is 13.0. The monoisotopic (exact) mass is 248 g/mol. The van der Waals surface area contributed by atoms with Crippen LogP contribution in [0.1, 0.15) is 11.4 Å². The lowest BCUT2D eigenvalue weighted by atomic mass is 10.1. The Morgan fingerprint density at radius 3 is 2.89 bits per heavy atom. The van der Waals surface area contributed by atoms with Crippen molar-refractivity contribution in [1.29, 1.82) is 0 Å².